The molecule has 1 N–H and O–H groups in total. The normalized spacial score (nSPS) is 25.5. The van der Waals surface area contributed by atoms with Gasteiger partial charge in [-0.1, -0.05) is 74.5 Å². The molecular weight excluding hydrogens is 338 g/mol. The molecule has 4 heteroatoms. The molecule has 1 aliphatic heterocycles. The molecule has 1 heterocycles. The van der Waals surface area contributed by atoms with Crippen molar-refractivity contribution in [2.75, 3.05) is 6.54 Å². The van der Waals surface area contributed by atoms with Crippen LogP contribution in [0.1, 0.15) is 45.2 Å². The van der Waals surface area contributed by atoms with Crippen molar-refractivity contribution in [3.8, 4) is 0 Å². The van der Waals surface area contributed by atoms with Crippen molar-refractivity contribution in [1.82, 2.24) is 4.90 Å². The van der Waals surface area contributed by atoms with Gasteiger partial charge in [0.25, 0.3) is 0 Å². The van der Waals surface area contributed by atoms with E-state index in [0.717, 1.165) is 11.1 Å². The third kappa shape index (κ3) is 3.72. The van der Waals surface area contributed by atoms with Gasteiger partial charge in [0.05, 0.1) is 0 Å². The standard InChI is InChI=1S/C23H29NO3/c1-21(2,19-13-9-6-10-14-19)17-22(3)23(4,26)24(20(25)27-22)16-15-18-11-7-5-8-12-18/h5-14,26H,15-17H2,1-4H3. The molecule has 0 radical (unpaired) electrons. The first kappa shape index (κ1) is 19.4. The predicted molar refractivity (Wildman–Crippen MR) is 106 cm³/mol. The molecule has 2 unspecified atom stereocenters. The predicted octanol–water partition coefficient (Wildman–Crippen LogP) is 4.52. The molecule has 0 bridgehead atoms. The Morgan fingerprint density at radius 2 is 1.56 bits per heavy atom. The second kappa shape index (κ2) is 7.01. The minimum atomic E-state index is -1.38. The second-order valence-electron chi connectivity index (χ2n) is 8.43. The van der Waals surface area contributed by atoms with Crippen LogP contribution in [0, 0.1) is 0 Å². The fourth-order valence-corrected chi connectivity index (χ4v) is 4.04. The van der Waals surface area contributed by atoms with Gasteiger partial charge >= 0.3 is 6.09 Å². The zero-order valence-electron chi connectivity index (χ0n) is 16.6. The van der Waals surface area contributed by atoms with E-state index in [1.807, 2.05) is 55.5 Å². The highest BCUT2D eigenvalue weighted by atomic mass is 16.6. The Bertz CT molecular complexity index is 786. The highest BCUT2D eigenvalue weighted by molar-refractivity contribution is 5.72. The second-order valence-corrected chi connectivity index (χ2v) is 8.43. The zero-order valence-corrected chi connectivity index (χ0v) is 16.6. The van der Waals surface area contributed by atoms with Gasteiger partial charge in [0.2, 0.25) is 0 Å². The number of amides is 1. The minimum Gasteiger partial charge on any atom is -0.438 e. The SMILES string of the molecule is CC(C)(CC1(C)OC(=O)N(CCc2ccccc2)C1(C)O)c1ccccc1. The molecule has 27 heavy (non-hydrogen) atoms. The molecule has 4 nitrogen and oxygen atoms in total. The smallest absolute Gasteiger partial charge is 0.412 e. The van der Waals surface area contributed by atoms with E-state index in [1.54, 1.807) is 6.92 Å². The van der Waals surface area contributed by atoms with E-state index in [2.05, 4.69) is 26.0 Å². The van der Waals surface area contributed by atoms with E-state index in [4.69, 9.17) is 4.74 Å². The maximum atomic E-state index is 12.6. The third-order valence-corrected chi connectivity index (χ3v) is 5.86. The molecule has 0 aliphatic carbocycles. The maximum Gasteiger partial charge on any atom is 0.412 e. The minimum absolute atomic E-state index is 0.254. The van der Waals surface area contributed by atoms with Crippen LogP contribution in [0.2, 0.25) is 0 Å². The largest absolute Gasteiger partial charge is 0.438 e. The quantitative estimate of drug-likeness (QED) is 0.817. The first-order chi connectivity index (χ1) is 12.7. The van der Waals surface area contributed by atoms with E-state index >= 15 is 0 Å². The molecule has 2 aromatic rings. The summed E-state index contributed by atoms with van der Waals surface area (Å²) in [5.74, 6) is 0. The molecule has 0 aromatic heterocycles. The number of benzene rings is 2. The lowest BCUT2D eigenvalue weighted by atomic mass is 9.72. The summed E-state index contributed by atoms with van der Waals surface area (Å²) in [5, 5.41) is 11.3. The Hall–Kier alpha value is -2.33. The van der Waals surface area contributed by atoms with Gasteiger partial charge in [0.15, 0.2) is 11.3 Å². The lowest BCUT2D eigenvalue weighted by molar-refractivity contribution is -0.145. The average molecular weight is 367 g/mol. The number of rotatable bonds is 6. The summed E-state index contributed by atoms with van der Waals surface area (Å²) in [5.41, 5.74) is -0.360. The summed E-state index contributed by atoms with van der Waals surface area (Å²) in [6.07, 6.45) is 0.733. The number of hydrogen-bond acceptors (Lipinski definition) is 3. The third-order valence-electron chi connectivity index (χ3n) is 5.86. The van der Waals surface area contributed by atoms with E-state index in [1.165, 1.54) is 4.90 Å². The molecule has 1 aliphatic rings. The number of carbonyl (C=O) groups is 1. The van der Waals surface area contributed by atoms with Gasteiger partial charge < -0.3 is 9.84 Å². The van der Waals surface area contributed by atoms with Crippen LogP contribution in [0.25, 0.3) is 0 Å². The number of hydrogen-bond donors (Lipinski definition) is 1. The summed E-state index contributed by atoms with van der Waals surface area (Å²) >= 11 is 0. The highest BCUT2D eigenvalue weighted by Crippen LogP contribution is 2.45. The first-order valence-corrected chi connectivity index (χ1v) is 9.48. The highest BCUT2D eigenvalue weighted by Gasteiger charge is 2.60. The van der Waals surface area contributed by atoms with Crippen LogP contribution >= 0.6 is 0 Å². The van der Waals surface area contributed by atoms with Crippen LogP contribution < -0.4 is 0 Å². The summed E-state index contributed by atoms with van der Waals surface area (Å²) in [6.45, 7) is 8.16. The van der Waals surface area contributed by atoms with E-state index in [9.17, 15) is 9.90 Å². The Kier molecular flexibility index (Phi) is 5.04. The number of ether oxygens (including phenoxy) is 1. The van der Waals surface area contributed by atoms with Gasteiger partial charge in [0.1, 0.15) is 0 Å². The molecule has 3 rings (SSSR count). The number of cyclic esters (lactones) is 1. The zero-order chi connectivity index (χ0) is 19.7. The molecular formula is C23H29NO3. The van der Waals surface area contributed by atoms with Crippen LogP contribution in [0.3, 0.4) is 0 Å². The number of nitrogens with zero attached hydrogens (tertiary/aromatic N) is 1. The van der Waals surface area contributed by atoms with Gasteiger partial charge in [-0.05, 0) is 36.8 Å². The first-order valence-electron chi connectivity index (χ1n) is 9.48. The lowest BCUT2D eigenvalue weighted by Crippen LogP contribution is -2.57. The van der Waals surface area contributed by atoms with Crippen LogP contribution in [0.15, 0.2) is 60.7 Å². The van der Waals surface area contributed by atoms with Crippen molar-refractivity contribution in [3.63, 3.8) is 0 Å². The summed E-state index contributed by atoms with van der Waals surface area (Å²) < 4.78 is 5.76. The van der Waals surface area contributed by atoms with Gasteiger partial charge in [-0.2, -0.15) is 0 Å². The maximum absolute atomic E-state index is 12.6. The molecule has 1 fully saturated rings. The van der Waals surface area contributed by atoms with Gasteiger partial charge in [-0.3, -0.25) is 4.90 Å². The Balaban J connectivity index is 1.78. The van der Waals surface area contributed by atoms with E-state index in [0.29, 0.717) is 19.4 Å². The van der Waals surface area contributed by atoms with Crippen LogP contribution in [0.4, 0.5) is 4.79 Å². The van der Waals surface area contributed by atoms with E-state index in [-0.39, 0.29) is 5.41 Å². The molecule has 144 valence electrons. The van der Waals surface area contributed by atoms with Crippen molar-refractivity contribution < 1.29 is 14.6 Å². The molecule has 0 spiro atoms. The van der Waals surface area contributed by atoms with Crippen molar-refractivity contribution >= 4 is 6.09 Å². The Labute approximate surface area is 161 Å². The Morgan fingerprint density at radius 1 is 1.00 bits per heavy atom. The van der Waals surface area contributed by atoms with Gasteiger partial charge in [-0.15, -0.1) is 0 Å². The fourth-order valence-electron chi connectivity index (χ4n) is 4.04. The molecule has 1 amide bonds. The fraction of sp³-hybridized carbons (Fsp3) is 0.435. The van der Waals surface area contributed by atoms with Crippen molar-refractivity contribution in [3.05, 3.63) is 71.8 Å². The van der Waals surface area contributed by atoms with Crippen LogP contribution in [-0.2, 0) is 16.6 Å². The summed E-state index contributed by atoms with van der Waals surface area (Å²) in [6, 6.07) is 20.1. The van der Waals surface area contributed by atoms with Gasteiger partial charge in [-0.25, -0.2) is 4.79 Å². The summed E-state index contributed by atoms with van der Waals surface area (Å²) in [7, 11) is 0. The van der Waals surface area contributed by atoms with Crippen LogP contribution in [-0.4, -0.2) is 34.0 Å². The average Bonchev–Trinajstić information content (AvgIpc) is 2.78. The molecule has 2 atom stereocenters. The number of aliphatic hydroxyl groups is 1. The van der Waals surface area contributed by atoms with Crippen LogP contribution in [0.5, 0.6) is 0 Å². The summed E-state index contributed by atoms with van der Waals surface area (Å²) in [4.78, 5) is 14.1. The Morgan fingerprint density at radius 3 is 2.15 bits per heavy atom. The molecule has 0 saturated carbocycles. The molecule has 2 aromatic carbocycles. The number of carbonyl (C=O) groups excluding carboxylic acids is 1. The van der Waals surface area contributed by atoms with Crippen molar-refractivity contribution in [1.29, 1.82) is 0 Å². The topological polar surface area (TPSA) is 49.8 Å². The van der Waals surface area contributed by atoms with Gasteiger partial charge in [0, 0.05) is 13.0 Å². The monoisotopic (exact) mass is 367 g/mol. The lowest BCUT2D eigenvalue weighted by Gasteiger charge is -2.42. The van der Waals surface area contributed by atoms with Crippen molar-refractivity contribution in [2.45, 2.75) is 57.3 Å². The molecule has 1 saturated heterocycles. The van der Waals surface area contributed by atoms with Crippen molar-refractivity contribution in [2.24, 2.45) is 0 Å². The van der Waals surface area contributed by atoms with E-state index < -0.39 is 17.4 Å².